The van der Waals surface area contributed by atoms with Gasteiger partial charge in [-0.3, -0.25) is 4.79 Å². The molecule has 0 saturated carbocycles. The summed E-state index contributed by atoms with van der Waals surface area (Å²) in [6.45, 7) is 1.61. The van der Waals surface area contributed by atoms with E-state index in [0.717, 1.165) is 12.3 Å². The molecule has 0 bridgehead atoms. The number of halogens is 2. The van der Waals surface area contributed by atoms with E-state index < -0.39 is 48.5 Å². The molecule has 1 rings (SSSR count). The molecule has 1 atom stereocenters. The van der Waals surface area contributed by atoms with Crippen LogP contribution in [0.2, 0.25) is 0 Å². The molecule has 0 radical (unpaired) electrons. The minimum absolute atomic E-state index is 0. The SMILES string of the molecule is CC(CBr)C(=O)Nc1cc(S(=O)(=O)[O-])c(OS(=O)(=O)CCBr)cn1.[Na+]. The zero-order valence-corrected chi connectivity index (χ0v) is 20.0. The molecule has 1 aromatic rings. The summed E-state index contributed by atoms with van der Waals surface area (Å²) in [6.07, 6.45) is 0.755. The first kappa shape index (κ1) is 25.2. The number of hydrogen-bond acceptors (Lipinski definition) is 8. The molecule has 0 fully saturated rings. The quantitative estimate of drug-likeness (QED) is 0.177. The van der Waals surface area contributed by atoms with Crippen molar-refractivity contribution >= 4 is 63.8 Å². The van der Waals surface area contributed by atoms with Gasteiger partial charge >= 0.3 is 39.7 Å². The van der Waals surface area contributed by atoms with E-state index in [1.807, 2.05) is 0 Å². The number of alkyl halides is 2. The summed E-state index contributed by atoms with van der Waals surface area (Å²) in [5, 5.41) is 2.74. The Morgan fingerprint density at radius 2 is 1.96 bits per heavy atom. The Balaban J connectivity index is 0.00000576. The van der Waals surface area contributed by atoms with Crippen molar-refractivity contribution in [3.05, 3.63) is 12.3 Å². The molecule has 0 aromatic carbocycles. The third-order valence-corrected chi connectivity index (χ3v) is 6.46. The van der Waals surface area contributed by atoms with Gasteiger partial charge in [-0.2, -0.15) is 8.42 Å². The summed E-state index contributed by atoms with van der Waals surface area (Å²) < 4.78 is 61.9. The van der Waals surface area contributed by atoms with Crippen LogP contribution in [0.4, 0.5) is 5.82 Å². The summed E-state index contributed by atoms with van der Waals surface area (Å²) in [6, 6.07) is 0.750. The van der Waals surface area contributed by atoms with Crippen LogP contribution in [0.15, 0.2) is 17.2 Å². The molecule has 14 heteroatoms. The largest absolute Gasteiger partial charge is 1.00 e. The van der Waals surface area contributed by atoms with Crippen molar-refractivity contribution in [1.82, 2.24) is 4.98 Å². The van der Waals surface area contributed by atoms with Crippen LogP contribution in [0.3, 0.4) is 0 Å². The Morgan fingerprint density at radius 3 is 2.44 bits per heavy atom. The molecular weight excluding hydrogens is 519 g/mol. The first-order valence-corrected chi connectivity index (χ1v) is 11.5. The standard InChI is InChI=1S/C11H14Br2N2O7S2.Na/c1-7(5-13)11(16)15-10-4-9(24(19,20)21)8(6-14-10)22-23(17,18)3-2-12;/h4,6-7H,2-3,5H2,1H3,(H,14,15,16)(H,19,20,21);/q;+1/p-1. The van der Waals surface area contributed by atoms with Crippen molar-refractivity contribution in [2.75, 3.05) is 21.7 Å². The van der Waals surface area contributed by atoms with Crippen LogP contribution in [0.1, 0.15) is 6.92 Å². The van der Waals surface area contributed by atoms with Gasteiger partial charge in [0.05, 0.1) is 11.9 Å². The van der Waals surface area contributed by atoms with E-state index in [0.29, 0.717) is 5.33 Å². The molecule has 0 saturated heterocycles. The molecule has 1 amide bonds. The molecule has 0 aliphatic carbocycles. The number of carbonyl (C=O) groups is 1. The van der Waals surface area contributed by atoms with Gasteiger partial charge in [0.25, 0.3) is 0 Å². The number of hydrogen-bond donors (Lipinski definition) is 1. The fourth-order valence-electron chi connectivity index (χ4n) is 1.34. The summed E-state index contributed by atoms with van der Waals surface area (Å²) in [7, 11) is -9.16. The van der Waals surface area contributed by atoms with Gasteiger partial charge in [0, 0.05) is 22.6 Å². The Bertz CT molecular complexity index is 818. The normalized spacial score (nSPS) is 12.8. The van der Waals surface area contributed by atoms with Crippen LogP contribution in [0.25, 0.3) is 0 Å². The van der Waals surface area contributed by atoms with Gasteiger partial charge in [-0.1, -0.05) is 38.8 Å². The third kappa shape index (κ3) is 8.20. The maximum atomic E-state index is 11.8. The van der Waals surface area contributed by atoms with Crippen molar-refractivity contribution in [3.63, 3.8) is 0 Å². The summed E-state index contributed by atoms with van der Waals surface area (Å²) in [5.41, 5.74) is 0. The smallest absolute Gasteiger partial charge is 0.744 e. The predicted octanol–water partition coefficient (Wildman–Crippen LogP) is -1.94. The van der Waals surface area contributed by atoms with Gasteiger partial charge in [-0.15, -0.1) is 0 Å². The van der Waals surface area contributed by atoms with Crippen LogP contribution >= 0.6 is 31.9 Å². The molecular formula is C11H13Br2N2NaO7S2. The summed E-state index contributed by atoms with van der Waals surface area (Å²) in [5.74, 6) is -2.28. The first-order chi connectivity index (χ1) is 11.0. The van der Waals surface area contributed by atoms with Crippen molar-refractivity contribution in [3.8, 4) is 5.75 Å². The number of amides is 1. The zero-order chi connectivity index (χ0) is 18.5. The van der Waals surface area contributed by atoms with Gasteiger partial charge in [0.1, 0.15) is 20.8 Å². The van der Waals surface area contributed by atoms with Gasteiger partial charge < -0.3 is 14.1 Å². The Labute approximate surface area is 184 Å². The fourth-order valence-corrected chi connectivity index (χ4v) is 4.15. The second-order valence-corrected chi connectivity index (χ2v) is 9.03. The number of nitrogens with zero attached hydrogens (tertiary/aromatic N) is 1. The van der Waals surface area contributed by atoms with E-state index in [9.17, 15) is 26.2 Å². The second kappa shape index (κ2) is 10.5. The van der Waals surface area contributed by atoms with Gasteiger partial charge in [0.15, 0.2) is 5.75 Å². The zero-order valence-electron chi connectivity index (χ0n) is 13.2. The average molecular weight is 532 g/mol. The topological polar surface area (TPSA) is 143 Å². The Morgan fingerprint density at radius 1 is 1.36 bits per heavy atom. The van der Waals surface area contributed by atoms with Gasteiger partial charge in [-0.25, -0.2) is 13.4 Å². The summed E-state index contributed by atoms with van der Waals surface area (Å²) >= 11 is 6.03. The van der Waals surface area contributed by atoms with Gasteiger partial charge in [0.2, 0.25) is 5.91 Å². The Kier molecular flexibility index (Phi) is 10.6. The maximum absolute atomic E-state index is 11.8. The van der Waals surface area contributed by atoms with Crippen LogP contribution in [-0.4, -0.2) is 48.7 Å². The monoisotopic (exact) mass is 530 g/mol. The van der Waals surface area contributed by atoms with Crippen LogP contribution in [0.5, 0.6) is 5.75 Å². The molecule has 1 heterocycles. The number of rotatable bonds is 8. The number of pyridine rings is 1. The van der Waals surface area contributed by atoms with E-state index in [-0.39, 0.29) is 40.7 Å². The molecule has 1 aromatic heterocycles. The maximum Gasteiger partial charge on any atom is 1.00 e. The third-order valence-electron chi connectivity index (χ3n) is 2.58. The van der Waals surface area contributed by atoms with Crippen molar-refractivity contribution in [2.24, 2.45) is 5.92 Å². The van der Waals surface area contributed by atoms with Crippen molar-refractivity contribution < 1.29 is 59.9 Å². The molecule has 9 nitrogen and oxygen atoms in total. The molecule has 0 spiro atoms. The number of aromatic nitrogens is 1. The minimum Gasteiger partial charge on any atom is -0.744 e. The van der Waals surface area contributed by atoms with E-state index in [2.05, 4.69) is 46.3 Å². The van der Waals surface area contributed by atoms with E-state index in [4.69, 9.17) is 0 Å². The van der Waals surface area contributed by atoms with Crippen molar-refractivity contribution in [1.29, 1.82) is 0 Å². The molecule has 1 unspecified atom stereocenters. The van der Waals surface area contributed by atoms with Gasteiger partial charge in [-0.05, 0) is 0 Å². The molecule has 136 valence electrons. The Hall–Kier alpha value is 0.240. The number of carbonyl (C=O) groups excluding carboxylic acids is 1. The van der Waals surface area contributed by atoms with Crippen LogP contribution in [0, 0.1) is 5.92 Å². The number of anilines is 1. The van der Waals surface area contributed by atoms with Crippen LogP contribution in [-0.2, 0) is 25.0 Å². The number of nitrogens with one attached hydrogen (secondary N) is 1. The predicted molar refractivity (Wildman–Crippen MR) is 92.0 cm³/mol. The molecule has 0 aliphatic heterocycles. The minimum atomic E-state index is -5.06. The average Bonchev–Trinajstić information content (AvgIpc) is 2.46. The fraction of sp³-hybridized carbons (Fsp3) is 0.455. The van der Waals surface area contributed by atoms with E-state index >= 15 is 0 Å². The van der Waals surface area contributed by atoms with Crippen molar-refractivity contribution in [2.45, 2.75) is 11.8 Å². The first-order valence-electron chi connectivity index (χ1n) is 6.31. The molecule has 0 aliphatic rings. The van der Waals surface area contributed by atoms with E-state index in [1.165, 1.54) is 0 Å². The van der Waals surface area contributed by atoms with Crippen LogP contribution < -0.4 is 39.1 Å². The van der Waals surface area contributed by atoms with E-state index in [1.54, 1.807) is 6.92 Å². The summed E-state index contributed by atoms with van der Waals surface area (Å²) in [4.78, 5) is 14.5. The molecule has 25 heavy (non-hydrogen) atoms. The second-order valence-electron chi connectivity index (χ2n) is 4.55. The molecule has 1 N–H and O–H groups in total.